The van der Waals surface area contributed by atoms with Crippen molar-refractivity contribution in [2.45, 2.75) is 0 Å². The van der Waals surface area contributed by atoms with Gasteiger partial charge < -0.3 is 9.73 Å². The number of anilines is 1. The zero-order chi connectivity index (χ0) is 17.3. The van der Waals surface area contributed by atoms with Crippen LogP contribution in [0.15, 0.2) is 94.5 Å². The quantitative estimate of drug-likeness (QED) is 0.427. The largest absolute Gasteiger partial charge is 0.465 e. The van der Waals surface area contributed by atoms with Gasteiger partial charge in [0.25, 0.3) is 5.91 Å². The molecule has 5 nitrogen and oxygen atoms in total. The zero-order valence-corrected chi connectivity index (χ0v) is 13.4. The number of hydrogen-bond acceptors (Lipinski definition) is 3. The summed E-state index contributed by atoms with van der Waals surface area (Å²) < 4.78 is 5.17. The fourth-order valence-electron chi connectivity index (χ4n) is 2.08. The first-order valence-corrected chi connectivity index (χ1v) is 7.78. The van der Waals surface area contributed by atoms with Crippen LogP contribution in [0.1, 0.15) is 5.76 Å². The molecule has 2 N–H and O–H groups in total. The molecule has 0 unspecified atom stereocenters. The van der Waals surface area contributed by atoms with Gasteiger partial charge in [-0.1, -0.05) is 36.4 Å². The van der Waals surface area contributed by atoms with Gasteiger partial charge in [0.15, 0.2) is 0 Å². The molecule has 25 heavy (non-hydrogen) atoms. The van der Waals surface area contributed by atoms with Crippen molar-refractivity contribution >= 4 is 29.3 Å². The Morgan fingerprint density at radius 1 is 0.920 bits per heavy atom. The Labute approximate surface area is 145 Å². The van der Waals surface area contributed by atoms with Crippen LogP contribution in [0, 0.1) is 0 Å². The summed E-state index contributed by atoms with van der Waals surface area (Å²) in [5.74, 6) is 0.633. The van der Waals surface area contributed by atoms with Gasteiger partial charge in [-0.05, 0) is 42.5 Å². The fourth-order valence-corrected chi connectivity index (χ4v) is 2.08. The lowest BCUT2D eigenvalue weighted by Crippen LogP contribution is -2.34. The minimum absolute atomic E-state index is 0.311. The van der Waals surface area contributed by atoms with Gasteiger partial charge in [-0.25, -0.2) is 4.99 Å². The number of amides is 1. The van der Waals surface area contributed by atoms with Crippen LogP contribution in [0.5, 0.6) is 0 Å². The van der Waals surface area contributed by atoms with Gasteiger partial charge in [0.1, 0.15) is 5.76 Å². The molecule has 0 aliphatic carbocycles. The standard InChI is InChI=1S/C20H17N3O2/c24-19(14-13-18-12-7-15-25-18)23-20(21-16-8-3-1-4-9-16)22-17-10-5-2-6-11-17/h1-15H,(H2,21,22,23,24). The van der Waals surface area contributed by atoms with Gasteiger partial charge in [-0.2, -0.15) is 0 Å². The van der Waals surface area contributed by atoms with Crippen LogP contribution in [0.3, 0.4) is 0 Å². The van der Waals surface area contributed by atoms with Gasteiger partial charge in [-0.3, -0.25) is 10.1 Å². The Morgan fingerprint density at radius 3 is 2.32 bits per heavy atom. The summed E-state index contributed by atoms with van der Waals surface area (Å²) in [6.45, 7) is 0. The number of carbonyl (C=O) groups excluding carboxylic acids is 1. The first kappa shape index (κ1) is 16.3. The van der Waals surface area contributed by atoms with Crippen molar-refractivity contribution in [3.05, 3.63) is 90.9 Å². The molecule has 1 amide bonds. The van der Waals surface area contributed by atoms with Gasteiger partial charge in [0, 0.05) is 11.8 Å². The van der Waals surface area contributed by atoms with E-state index in [-0.39, 0.29) is 5.91 Å². The molecule has 0 bridgehead atoms. The van der Waals surface area contributed by atoms with Crippen molar-refractivity contribution in [2.75, 3.05) is 5.32 Å². The Balaban J connectivity index is 1.76. The molecule has 3 rings (SSSR count). The number of hydrogen-bond donors (Lipinski definition) is 2. The molecule has 0 radical (unpaired) electrons. The highest BCUT2D eigenvalue weighted by Gasteiger charge is 2.05. The summed E-state index contributed by atoms with van der Waals surface area (Å²) >= 11 is 0. The molecule has 1 aromatic heterocycles. The summed E-state index contributed by atoms with van der Waals surface area (Å²) in [5.41, 5.74) is 1.56. The van der Waals surface area contributed by atoms with Crippen LogP contribution in [0.4, 0.5) is 11.4 Å². The van der Waals surface area contributed by atoms with Crippen molar-refractivity contribution in [2.24, 2.45) is 4.99 Å². The first-order valence-electron chi connectivity index (χ1n) is 7.78. The van der Waals surface area contributed by atoms with Crippen LogP contribution in [-0.2, 0) is 4.79 Å². The lowest BCUT2D eigenvalue weighted by molar-refractivity contribution is -0.115. The van der Waals surface area contributed by atoms with Gasteiger partial charge >= 0.3 is 0 Å². The summed E-state index contributed by atoms with van der Waals surface area (Å²) in [6.07, 6.45) is 4.54. The van der Waals surface area contributed by atoms with Gasteiger partial charge in [-0.15, -0.1) is 0 Å². The van der Waals surface area contributed by atoms with Crippen LogP contribution in [0.2, 0.25) is 0 Å². The number of carbonyl (C=O) groups is 1. The highest BCUT2D eigenvalue weighted by atomic mass is 16.3. The van der Waals surface area contributed by atoms with E-state index >= 15 is 0 Å². The second kappa shape index (κ2) is 8.31. The number of para-hydroxylation sites is 2. The number of furan rings is 1. The third kappa shape index (κ3) is 5.21. The van der Waals surface area contributed by atoms with E-state index in [1.54, 1.807) is 24.5 Å². The van der Waals surface area contributed by atoms with Crippen LogP contribution >= 0.6 is 0 Å². The molecule has 124 valence electrons. The topological polar surface area (TPSA) is 66.6 Å². The van der Waals surface area contributed by atoms with E-state index in [0.29, 0.717) is 11.7 Å². The number of nitrogens with one attached hydrogen (secondary N) is 2. The van der Waals surface area contributed by atoms with Crippen LogP contribution in [-0.4, -0.2) is 11.9 Å². The smallest absolute Gasteiger partial charge is 0.250 e. The predicted molar refractivity (Wildman–Crippen MR) is 99.5 cm³/mol. The van der Waals surface area contributed by atoms with Crippen molar-refractivity contribution in [1.82, 2.24) is 5.32 Å². The van der Waals surface area contributed by atoms with E-state index in [4.69, 9.17) is 4.42 Å². The van der Waals surface area contributed by atoms with E-state index in [9.17, 15) is 4.79 Å². The van der Waals surface area contributed by atoms with Gasteiger partial charge in [0.2, 0.25) is 5.96 Å². The van der Waals surface area contributed by atoms with Crippen molar-refractivity contribution in [1.29, 1.82) is 0 Å². The molecular weight excluding hydrogens is 314 g/mol. The minimum atomic E-state index is -0.311. The SMILES string of the molecule is O=C(C=Cc1ccco1)NC(=Nc1ccccc1)Nc1ccccc1. The zero-order valence-electron chi connectivity index (χ0n) is 13.4. The number of aliphatic imine (C=N–C) groups is 1. The monoisotopic (exact) mass is 331 g/mol. The molecule has 0 aliphatic rings. The van der Waals surface area contributed by atoms with E-state index in [0.717, 1.165) is 11.4 Å². The molecular formula is C20H17N3O2. The maximum atomic E-state index is 12.2. The fraction of sp³-hybridized carbons (Fsp3) is 0. The lowest BCUT2D eigenvalue weighted by atomic mass is 10.3. The van der Waals surface area contributed by atoms with E-state index in [2.05, 4.69) is 15.6 Å². The summed E-state index contributed by atoms with van der Waals surface area (Å²) in [5, 5.41) is 5.86. The van der Waals surface area contributed by atoms with Crippen LogP contribution < -0.4 is 10.6 Å². The molecule has 2 aromatic carbocycles. The number of benzene rings is 2. The first-order chi connectivity index (χ1) is 12.3. The van der Waals surface area contributed by atoms with Crippen molar-refractivity contribution in [3.63, 3.8) is 0 Å². The Bertz CT molecular complexity index is 854. The predicted octanol–water partition coefficient (Wildman–Crippen LogP) is 4.21. The normalized spacial score (nSPS) is 11.4. The molecule has 0 fully saturated rings. The van der Waals surface area contributed by atoms with Gasteiger partial charge in [0.05, 0.1) is 12.0 Å². The third-order valence-corrected chi connectivity index (χ3v) is 3.22. The Hall–Kier alpha value is -3.60. The number of nitrogens with zero attached hydrogens (tertiary/aromatic N) is 1. The average molecular weight is 331 g/mol. The summed E-state index contributed by atoms with van der Waals surface area (Å²) in [4.78, 5) is 16.6. The molecule has 1 heterocycles. The maximum Gasteiger partial charge on any atom is 0.250 e. The molecule has 0 spiro atoms. The molecule has 0 saturated heterocycles. The second-order valence-corrected chi connectivity index (χ2v) is 5.12. The van der Waals surface area contributed by atoms with Crippen molar-refractivity contribution in [3.8, 4) is 0 Å². The summed E-state index contributed by atoms with van der Waals surface area (Å²) in [7, 11) is 0. The average Bonchev–Trinajstić information content (AvgIpc) is 3.15. The lowest BCUT2D eigenvalue weighted by Gasteiger charge is -2.10. The maximum absolute atomic E-state index is 12.2. The minimum Gasteiger partial charge on any atom is -0.465 e. The number of guanidine groups is 1. The Morgan fingerprint density at radius 2 is 1.64 bits per heavy atom. The van der Waals surface area contributed by atoms with Crippen LogP contribution in [0.25, 0.3) is 6.08 Å². The highest BCUT2D eigenvalue weighted by molar-refractivity contribution is 6.09. The molecule has 5 heteroatoms. The second-order valence-electron chi connectivity index (χ2n) is 5.12. The van der Waals surface area contributed by atoms with E-state index in [1.165, 1.54) is 6.08 Å². The number of rotatable bonds is 4. The van der Waals surface area contributed by atoms with E-state index < -0.39 is 0 Å². The Kier molecular flexibility index (Phi) is 5.40. The molecule has 0 saturated carbocycles. The third-order valence-electron chi connectivity index (χ3n) is 3.22. The van der Waals surface area contributed by atoms with Crippen molar-refractivity contribution < 1.29 is 9.21 Å². The molecule has 0 atom stereocenters. The molecule has 0 aliphatic heterocycles. The molecule has 3 aromatic rings. The summed E-state index contributed by atoms with van der Waals surface area (Å²) in [6, 6.07) is 22.4. The highest BCUT2D eigenvalue weighted by Crippen LogP contribution is 2.11. The van der Waals surface area contributed by atoms with E-state index in [1.807, 2.05) is 60.7 Å².